The van der Waals surface area contributed by atoms with E-state index in [2.05, 4.69) is 45.9 Å². The molecule has 0 N–H and O–H groups in total. The fourth-order valence-electron chi connectivity index (χ4n) is 2.47. The van der Waals surface area contributed by atoms with E-state index in [1.807, 2.05) is 0 Å². The number of aryl methyl sites for hydroxylation is 2. The monoisotopic (exact) mass is 238 g/mol. The molecule has 0 aliphatic carbocycles. The smallest absolute Gasteiger partial charge is 0.0280 e. The Morgan fingerprint density at radius 3 is 2.12 bits per heavy atom. The van der Waals surface area contributed by atoms with E-state index in [1.54, 1.807) is 0 Å². The molecular weight excluding hydrogens is 216 g/mol. The number of hydrogen-bond acceptors (Lipinski definition) is 0. The minimum Gasteiger partial charge on any atom is -0.126 e. The van der Waals surface area contributed by atoms with Gasteiger partial charge in [0.15, 0.2) is 0 Å². The Bertz CT molecular complexity index is 323. The Hall–Kier alpha value is -0.490. The van der Waals surface area contributed by atoms with E-state index in [0.29, 0.717) is 0 Å². The Balaban J connectivity index is 2.85. The molecule has 0 amide bonds. The topological polar surface area (TPSA) is 0 Å². The molecule has 0 fully saturated rings. The lowest BCUT2D eigenvalue weighted by atomic mass is 9.81. The summed E-state index contributed by atoms with van der Waals surface area (Å²) in [6.45, 7) is 8.84. The van der Waals surface area contributed by atoms with Gasteiger partial charge in [0.2, 0.25) is 0 Å². The predicted octanol–water partition coefficient (Wildman–Crippen LogP) is 4.89. The van der Waals surface area contributed by atoms with Crippen molar-refractivity contribution >= 4 is 11.6 Å². The number of halogens is 1. The van der Waals surface area contributed by atoms with Crippen molar-refractivity contribution in [2.75, 3.05) is 5.88 Å². The summed E-state index contributed by atoms with van der Waals surface area (Å²) in [7, 11) is 0. The summed E-state index contributed by atoms with van der Waals surface area (Å²) >= 11 is 6.12. The van der Waals surface area contributed by atoms with Crippen LogP contribution in [0.3, 0.4) is 0 Å². The number of hydrogen-bond donors (Lipinski definition) is 0. The van der Waals surface area contributed by atoms with E-state index in [0.717, 1.165) is 12.3 Å². The van der Waals surface area contributed by atoms with Gasteiger partial charge in [-0.2, -0.15) is 0 Å². The van der Waals surface area contributed by atoms with E-state index in [9.17, 15) is 0 Å². The molecule has 0 aliphatic heterocycles. The van der Waals surface area contributed by atoms with Gasteiger partial charge >= 0.3 is 0 Å². The van der Waals surface area contributed by atoms with Gasteiger partial charge in [-0.3, -0.25) is 0 Å². The molecule has 0 heterocycles. The van der Waals surface area contributed by atoms with E-state index in [-0.39, 0.29) is 5.41 Å². The van der Waals surface area contributed by atoms with Gasteiger partial charge in [-0.25, -0.2) is 0 Å². The first kappa shape index (κ1) is 13.6. The molecular formula is C15H23Cl. The van der Waals surface area contributed by atoms with Gasteiger partial charge in [0.05, 0.1) is 0 Å². The lowest BCUT2D eigenvalue weighted by Crippen LogP contribution is -2.21. The number of rotatable bonds is 5. The van der Waals surface area contributed by atoms with E-state index in [1.165, 1.54) is 29.5 Å². The highest BCUT2D eigenvalue weighted by Gasteiger charge is 2.22. The van der Waals surface area contributed by atoms with Gasteiger partial charge in [0.25, 0.3) is 0 Å². The molecule has 0 aliphatic rings. The molecule has 90 valence electrons. The maximum atomic E-state index is 6.12. The zero-order chi connectivity index (χ0) is 12.2. The third-order valence-electron chi connectivity index (χ3n) is 3.09. The second-order valence-electron chi connectivity index (χ2n) is 5.37. The molecule has 0 spiro atoms. The zero-order valence-corrected chi connectivity index (χ0v) is 11.7. The van der Waals surface area contributed by atoms with Gasteiger partial charge in [0.1, 0.15) is 0 Å². The minimum absolute atomic E-state index is 0.247. The van der Waals surface area contributed by atoms with Crippen LogP contribution in [0.15, 0.2) is 18.2 Å². The quantitative estimate of drug-likeness (QED) is 0.641. The fourth-order valence-corrected chi connectivity index (χ4v) is 2.70. The molecule has 0 saturated carbocycles. The van der Waals surface area contributed by atoms with Gasteiger partial charge in [-0.05, 0) is 37.7 Å². The van der Waals surface area contributed by atoms with Crippen molar-refractivity contribution in [2.45, 2.75) is 47.0 Å². The Morgan fingerprint density at radius 1 is 1.12 bits per heavy atom. The van der Waals surface area contributed by atoms with Crippen LogP contribution in [0.5, 0.6) is 0 Å². The molecule has 0 nitrogen and oxygen atoms in total. The van der Waals surface area contributed by atoms with Gasteiger partial charge in [0, 0.05) is 5.88 Å². The Kier molecular flexibility index (Phi) is 4.86. The number of alkyl halides is 1. The average Bonchev–Trinajstić information content (AvgIpc) is 2.16. The van der Waals surface area contributed by atoms with Crippen LogP contribution < -0.4 is 0 Å². The molecule has 1 atom stereocenters. The summed E-state index contributed by atoms with van der Waals surface area (Å²) in [5.74, 6) is 0.744. The zero-order valence-electron chi connectivity index (χ0n) is 10.9. The third kappa shape index (κ3) is 3.83. The van der Waals surface area contributed by atoms with Crippen molar-refractivity contribution in [1.82, 2.24) is 0 Å². The summed E-state index contributed by atoms with van der Waals surface area (Å²) in [6, 6.07) is 6.79. The third-order valence-corrected chi connectivity index (χ3v) is 3.73. The fraction of sp³-hybridized carbons (Fsp3) is 0.600. The van der Waals surface area contributed by atoms with Crippen molar-refractivity contribution in [1.29, 1.82) is 0 Å². The standard InChI is InChI=1S/C15H23Cl/c1-5-6-15(4,11-16)10-14-8-12(2)7-13(3)9-14/h7-9H,5-6,10-11H2,1-4H3. The van der Waals surface area contributed by atoms with Crippen molar-refractivity contribution < 1.29 is 0 Å². The maximum absolute atomic E-state index is 6.12. The van der Waals surface area contributed by atoms with Gasteiger partial charge < -0.3 is 0 Å². The van der Waals surface area contributed by atoms with Crippen LogP contribution in [0.1, 0.15) is 43.4 Å². The normalized spacial score (nSPS) is 14.8. The highest BCUT2D eigenvalue weighted by molar-refractivity contribution is 6.18. The molecule has 16 heavy (non-hydrogen) atoms. The van der Waals surface area contributed by atoms with Crippen LogP contribution in [0.25, 0.3) is 0 Å². The molecule has 0 bridgehead atoms. The van der Waals surface area contributed by atoms with Crippen LogP contribution in [0.4, 0.5) is 0 Å². The van der Waals surface area contributed by atoms with Crippen LogP contribution >= 0.6 is 11.6 Å². The SMILES string of the molecule is CCCC(C)(CCl)Cc1cc(C)cc(C)c1. The lowest BCUT2D eigenvalue weighted by molar-refractivity contribution is 0.335. The number of benzene rings is 1. The summed E-state index contributed by atoms with van der Waals surface area (Å²) in [5.41, 5.74) is 4.37. The van der Waals surface area contributed by atoms with Crippen LogP contribution in [-0.2, 0) is 6.42 Å². The van der Waals surface area contributed by atoms with Crippen molar-refractivity contribution in [3.8, 4) is 0 Å². The second-order valence-corrected chi connectivity index (χ2v) is 5.63. The second kappa shape index (κ2) is 5.72. The minimum atomic E-state index is 0.247. The van der Waals surface area contributed by atoms with Crippen LogP contribution in [0, 0.1) is 19.3 Å². The average molecular weight is 239 g/mol. The summed E-state index contributed by atoms with van der Waals surface area (Å²) < 4.78 is 0. The molecule has 1 aromatic rings. The molecule has 1 rings (SSSR count). The predicted molar refractivity (Wildman–Crippen MR) is 73.4 cm³/mol. The summed E-state index contributed by atoms with van der Waals surface area (Å²) in [6.07, 6.45) is 3.49. The molecule has 0 radical (unpaired) electrons. The van der Waals surface area contributed by atoms with Crippen molar-refractivity contribution in [3.05, 3.63) is 34.9 Å². The summed E-state index contributed by atoms with van der Waals surface area (Å²) in [4.78, 5) is 0. The van der Waals surface area contributed by atoms with E-state index >= 15 is 0 Å². The van der Waals surface area contributed by atoms with Crippen LogP contribution in [0.2, 0.25) is 0 Å². The highest BCUT2D eigenvalue weighted by Crippen LogP contribution is 2.30. The van der Waals surface area contributed by atoms with E-state index < -0.39 is 0 Å². The van der Waals surface area contributed by atoms with Crippen molar-refractivity contribution in [2.24, 2.45) is 5.41 Å². The van der Waals surface area contributed by atoms with Crippen LogP contribution in [-0.4, -0.2) is 5.88 Å². The first-order valence-corrected chi connectivity index (χ1v) is 6.66. The summed E-state index contributed by atoms with van der Waals surface area (Å²) in [5, 5.41) is 0. The van der Waals surface area contributed by atoms with Gasteiger partial charge in [-0.1, -0.05) is 49.6 Å². The lowest BCUT2D eigenvalue weighted by Gasteiger charge is -2.27. The Morgan fingerprint density at radius 2 is 1.69 bits per heavy atom. The van der Waals surface area contributed by atoms with Gasteiger partial charge in [-0.15, -0.1) is 11.6 Å². The van der Waals surface area contributed by atoms with Crippen molar-refractivity contribution in [3.63, 3.8) is 0 Å². The molecule has 1 aromatic carbocycles. The molecule has 1 heteroatoms. The molecule has 0 aromatic heterocycles. The molecule has 1 unspecified atom stereocenters. The molecule has 0 saturated heterocycles. The largest absolute Gasteiger partial charge is 0.126 e. The van der Waals surface area contributed by atoms with E-state index in [4.69, 9.17) is 11.6 Å². The first-order valence-electron chi connectivity index (χ1n) is 6.12. The Labute approximate surface area is 105 Å². The first-order chi connectivity index (χ1) is 7.49. The maximum Gasteiger partial charge on any atom is 0.0280 e. The highest BCUT2D eigenvalue weighted by atomic mass is 35.5.